The second kappa shape index (κ2) is 29.3. The van der Waals surface area contributed by atoms with Crippen molar-refractivity contribution in [3.8, 4) is 0 Å². The number of carbonyl (C=O) groups excluding carboxylic acids is 5. The van der Waals surface area contributed by atoms with E-state index in [-0.39, 0.29) is 48.3 Å². The van der Waals surface area contributed by atoms with Crippen LogP contribution in [0.5, 0.6) is 0 Å². The summed E-state index contributed by atoms with van der Waals surface area (Å²) in [6.07, 6.45) is -3.97. The number of hydroxylamine groups is 2. The van der Waals surface area contributed by atoms with Crippen molar-refractivity contribution >= 4 is 30.1 Å². The Bertz CT molecular complexity index is 2960. The van der Waals surface area contributed by atoms with E-state index in [1.807, 2.05) is 39.8 Å². The predicted molar refractivity (Wildman–Crippen MR) is 334 cm³/mol. The van der Waals surface area contributed by atoms with Crippen LogP contribution >= 0.6 is 0 Å². The number of alkyl carbamates (subject to hydrolysis) is 1. The molecule has 26 heteroatoms. The molecule has 10 aliphatic rings. The summed E-state index contributed by atoms with van der Waals surface area (Å²) in [5.74, 6) is -6.80. The molecule has 7 fully saturated rings. The molecule has 2 bridgehead atoms. The molecule has 0 unspecified atom stereocenters. The summed E-state index contributed by atoms with van der Waals surface area (Å²) in [6, 6.07) is -1.06. The van der Waals surface area contributed by atoms with Gasteiger partial charge in [0.1, 0.15) is 29.8 Å². The Hall–Kier alpha value is -4.59. The lowest BCUT2D eigenvalue weighted by Gasteiger charge is -2.56. The van der Waals surface area contributed by atoms with E-state index in [1.54, 1.807) is 47.6 Å². The van der Waals surface area contributed by atoms with E-state index in [0.29, 0.717) is 44.0 Å². The number of aliphatic hydroxyl groups excluding tert-OH is 4. The van der Waals surface area contributed by atoms with Gasteiger partial charge in [-0.25, -0.2) is 9.59 Å². The van der Waals surface area contributed by atoms with E-state index in [4.69, 9.17) is 61.6 Å². The van der Waals surface area contributed by atoms with Gasteiger partial charge in [0.15, 0.2) is 43.2 Å². The van der Waals surface area contributed by atoms with Gasteiger partial charge in [-0.15, -0.1) is 0 Å². The fourth-order valence-electron chi connectivity index (χ4n) is 17.0. The Kier molecular flexibility index (Phi) is 22.6. The molecule has 95 heavy (non-hydrogen) atoms. The number of rotatable bonds is 15. The van der Waals surface area contributed by atoms with E-state index in [1.165, 1.54) is 13.0 Å². The highest BCUT2D eigenvalue weighted by Crippen LogP contribution is 2.61. The number of ketones is 1. The molecular weight excluding hydrogens is 1240 g/mol. The molecule has 4 aliphatic carbocycles. The van der Waals surface area contributed by atoms with Crippen molar-refractivity contribution < 1.29 is 111 Å². The normalized spacial score (nSPS) is 47.6. The molecule has 26 nitrogen and oxygen atoms in total. The zero-order valence-electron chi connectivity index (χ0n) is 57.1. The first kappa shape index (κ1) is 73.1. The van der Waals surface area contributed by atoms with Crippen LogP contribution in [-0.2, 0) is 80.8 Å². The first-order chi connectivity index (χ1) is 44.8. The average molecular weight is 1340 g/mol. The number of aldehydes is 1. The molecule has 10 rings (SSSR count). The van der Waals surface area contributed by atoms with E-state index in [9.17, 15) is 50.0 Å². The van der Waals surface area contributed by atoms with Gasteiger partial charge in [-0.2, -0.15) is 0 Å². The summed E-state index contributed by atoms with van der Waals surface area (Å²) < 4.78 is 82.2. The number of amides is 1. The molecule has 6 N–H and O–H groups in total. The van der Waals surface area contributed by atoms with Crippen LogP contribution < -0.4 is 5.32 Å². The number of hydrogen-bond acceptors (Lipinski definition) is 25. The van der Waals surface area contributed by atoms with Crippen molar-refractivity contribution in [1.29, 1.82) is 0 Å². The third kappa shape index (κ3) is 14.6. The third-order valence-corrected chi connectivity index (χ3v) is 22.2. The second-order valence-corrected chi connectivity index (χ2v) is 29.2. The summed E-state index contributed by atoms with van der Waals surface area (Å²) in [5, 5.41) is 72.6. The third-order valence-electron chi connectivity index (χ3n) is 22.2. The number of hydrogen-bond donors (Lipinski definition) is 6. The van der Waals surface area contributed by atoms with Crippen LogP contribution in [0.25, 0.3) is 0 Å². The largest absolute Gasteiger partial charge is 0.762 e. The van der Waals surface area contributed by atoms with Crippen molar-refractivity contribution in [2.24, 2.45) is 46.8 Å². The number of Topliss-reactive ketones (excluding diaryl/α,β-unsaturated/α-hetero) is 1. The maximum atomic E-state index is 15.6. The lowest BCUT2D eigenvalue weighted by molar-refractivity contribution is -0.331. The lowest BCUT2D eigenvalue weighted by atomic mass is 9.49. The van der Waals surface area contributed by atoms with Crippen molar-refractivity contribution in [3.63, 3.8) is 0 Å². The molecule has 532 valence electrons. The van der Waals surface area contributed by atoms with E-state index >= 15 is 4.79 Å². The zero-order chi connectivity index (χ0) is 69.1. The summed E-state index contributed by atoms with van der Waals surface area (Å²) in [7, 11) is 1.16. The number of carbonyl (C=O) groups is 5. The minimum absolute atomic E-state index is 0.00417. The lowest BCUT2D eigenvalue weighted by Crippen LogP contribution is -2.67. The number of aliphatic hydroxyl groups is 4. The van der Waals surface area contributed by atoms with Crippen molar-refractivity contribution in [3.05, 3.63) is 63.6 Å². The summed E-state index contributed by atoms with van der Waals surface area (Å²) in [4.78, 5) is 68.9. The number of ether oxygens (including phenoxy) is 13. The predicted octanol–water partition coefficient (Wildman–Crippen LogP) is 6.91. The van der Waals surface area contributed by atoms with Crippen LogP contribution in [0, 0.1) is 52.0 Å². The van der Waals surface area contributed by atoms with Crippen LogP contribution in [0.1, 0.15) is 154 Å². The molecule has 0 aromatic carbocycles. The Morgan fingerprint density at radius 3 is 2.01 bits per heavy atom. The van der Waals surface area contributed by atoms with E-state index < -0.39 is 211 Å². The van der Waals surface area contributed by atoms with Gasteiger partial charge in [-0.3, -0.25) is 19.6 Å². The fraction of sp³-hybridized carbons (Fsp3) is 0.783. The van der Waals surface area contributed by atoms with Crippen molar-refractivity contribution in [1.82, 2.24) is 10.5 Å². The Balaban J connectivity index is 0.913. The standard InChI is InChI=1S/C69H101N2O24/c1-31(2)64(78)94-60-39(10)87-54(27-50(60)91-51-22-20-49(37(8)85-51)90-53-26-47(75)59(38(9)86-53)92-52-21-18-45(73)36(7)84-52)93-58-35(6)23-34(5)57-42(58)16-17-43-32(3)15-19-48(89-55-29-67(12,71(81)82)61(40(11)88-55)70-66(80)83-14)33(4)24-44-46(74)25-41(30-72)28-69(44)63(77)56(65(79)95-69)62(76)68(43,57)13/h15-17,24-25,30-31,34-40,42-55,57-61,73-76,81H,18-23,26-29H2,1-14H3,(H,70,80)/q-1/b32-15-,33-24-,62-56-/t34-,35-,36-,37-,38-,39-,40+,42-,43-,44+,45+,46-,47+,48-,49+,50+,51-,52-,53+,54+,55-,57+,58-,59-,60-,61-,67-,68+,69-/m0/s1. The molecule has 29 atom stereocenters. The number of allylic oxidation sites excluding steroid dienone is 3. The fourth-order valence-corrected chi connectivity index (χ4v) is 17.0. The van der Waals surface area contributed by atoms with E-state index in [0.717, 1.165) is 12.7 Å². The maximum absolute atomic E-state index is 15.6. The Morgan fingerprint density at radius 1 is 0.726 bits per heavy atom. The van der Waals surface area contributed by atoms with E-state index in [2.05, 4.69) is 25.2 Å². The number of esters is 2. The van der Waals surface area contributed by atoms with Crippen molar-refractivity contribution in [2.45, 2.75) is 288 Å². The van der Waals surface area contributed by atoms with Gasteiger partial charge < -0.3 is 97.7 Å². The summed E-state index contributed by atoms with van der Waals surface area (Å²) >= 11 is 0. The number of methoxy groups -OCH3 is 1. The average Bonchev–Trinajstić information content (AvgIpc) is 1.52. The molecule has 6 saturated heterocycles. The van der Waals surface area contributed by atoms with Gasteiger partial charge in [-0.1, -0.05) is 64.5 Å². The first-order valence-corrected chi connectivity index (χ1v) is 34.0. The molecular formula is C69H101N2O24-. The van der Waals surface area contributed by atoms with Crippen LogP contribution in [0.4, 0.5) is 4.79 Å². The minimum Gasteiger partial charge on any atom is -0.762 e. The van der Waals surface area contributed by atoms with Gasteiger partial charge in [0.25, 0.3) is 0 Å². The van der Waals surface area contributed by atoms with Gasteiger partial charge >= 0.3 is 18.0 Å². The topological polar surface area (TPSA) is 345 Å². The van der Waals surface area contributed by atoms with Crippen LogP contribution in [-0.4, -0.2) is 202 Å². The minimum atomic E-state index is -2.20. The molecule has 1 amide bonds. The SMILES string of the molecule is COC(=O)N[C@H]1[C@@H](C)O[C@@H](O[C@H]2C/C=C(/C)[C@@H]3C=C[C@@H]4[C@@H](O[C@@H]5C[C@@H](O[C@H]6CC[C@@H](O[C@@H]7C[C@@H](O)[C@@H](O[C@H]8CC[C@@H](O)[C@H](C)O8)[C@H](C)O7)[C@H](C)O6)[C@@H](OC(=O)C(C)C)[C@H](C)O5)[C@@H](C)C[C@H](C)[C@H]4[C@]3(C)/C(O)=C3/C(=O)O[C@]4(CC(C=O)=C[C@H](O)[C@H]4/C=C\2C)C3=O)C[C@]1(C)N([O-])O. The monoisotopic (exact) mass is 1340 g/mol. The molecule has 6 aliphatic heterocycles. The zero-order valence-corrected chi connectivity index (χ0v) is 57.1. The molecule has 1 saturated carbocycles. The van der Waals surface area contributed by atoms with Crippen molar-refractivity contribution in [2.75, 3.05) is 7.11 Å². The van der Waals surface area contributed by atoms with Gasteiger partial charge in [-0.05, 0) is 116 Å². The number of nitrogens with zero attached hydrogens (tertiary/aromatic N) is 1. The molecule has 6 heterocycles. The molecule has 1 spiro atoms. The highest BCUT2D eigenvalue weighted by Gasteiger charge is 2.65. The molecule has 0 aromatic rings. The maximum Gasteiger partial charge on any atom is 0.407 e. The number of nitrogens with one attached hydrogen (secondary N) is 1. The van der Waals surface area contributed by atoms with Crippen LogP contribution in [0.15, 0.2) is 58.4 Å². The first-order valence-electron chi connectivity index (χ1n) is 34.0. The van der Waals surface area contributed by atoms with Gasteiger partial charge in [0, 0.05) is 55.8 Å². The Labute approximate surface area is 555 Å². The highest BCUT2D eigenvalue weighted by molar-refractivity contribution is 6.26. The summed E-state index contributed by atoms with van der Waals surface area (Å²) in [6.45, 7) is 23.4. The Morgan fingerprint density at radius 2 is 1.36 bits per heavy atom. The number of fused-ring (bicyclic) bond motifs is 4. The summed E-state index contributed by atoms with van der Waals surface area (Å²) in [5.41, 5.74) is -4.76. The highest BCUT2D eigenvalue weighted by atomic mass is 16.8. The van der Waals surface area contributed by atoms with Gasteiger partial charge in [0.05, 0.1) is 97.7 Å². The second-order valence-electron chi connectivity index (χ2n) is 29.2. The smallest absolute Gasteiger partial charge is 0.407 e. The van der Waals surface area contributed by atoms with Gasteiger partial charge in [0.2, 0.25) is 5.78 Å². The quantitative estimate of drug-likeness (QED) is 0.0242. The molecule has 0 radical (unpaired) electrons. The van der Waals surface area contributed by atoms with Crippen LogP contribution in [0.2, 0.25) is 0 Å². The van der Waals surface area contributed by atoms with Crippen LogP contribution in [0.3, 0.4) is 0 Å². The molecule has 0 aromatic heterocycles.